The number of halogens is 3. The summed E-state index contributed by atoms with van der Waals surface area (Å²) in [7, 11) is 2.49. The van der Waals surface area contributed by atoms with Gasteiger partial charge >= 0.3 is 30.2 Å². The van der Waals surface area contributed by atoms with Crippen molar-refractivity contribution in [2.75, 3.05) is 27.3 Å². The smallest absolute Gasteiger partial charge is 0.410 e. The van der Waals surface area contributed by atoms with Gasteiger partial charge < -0.3 is 44.5 Å². The van der Waals surface area contributed by atoms with Crippen molar-refractivity contribution in [3.8, 4) is 0 Å². The molecule has 0 bridgehead atoms. The number of nitrogens with one attached hydrogen (secondary N) is 1. The second-order valence-corrected chi connectivity index (χ2v) is 21.1. The summed E-state index contributed by atoms with van der Waals surface area (Å²) in [5.41, 5.74) is 7.88. The number of fused-ring (bicyclic) bond motifs is 2. The van der Waals surface area contributed by atoms with Crippen LogP contribution in [0.1, 0.15) is 97.4 Å². The maximum atomic E-state index is 13.7. The van der Waals surface area contributed by atoms with E-state index in [4.69, 9.17) is 52.6 Å². The number of likely N-dealkylation sites (tertiary alicyclic amines) is 2. The molecule has 18 nitrogen and oxygen atoms in total. The number of esters is 2. The van der Waals surface area contributed by atoms with Crippen LogP contribution in [0.25, 0.3) is 0 Å². The lowest BCUT2D eigenvalue weighted by Crippen LogP contribution is -2.57. The Kier molecular flexibility index (Phi) is 18.1. The van der Waals surface area contributed by atoms with E-state index in [-0.39, 0.29) is 44.2 Å². The predicted octanol–water partition coefficient (Wildman–Crippen LogP) is 6.60. The van der Waals surface area contributed by atoms with E-state index in [0.717, 1.165) is 22.3 Å². The van der Waals surface area contributed by atoms with Crippen molar-refractivity contribution >= 4 is 77.6 Å². The second kappa shape index (κ2) is 22.1. The van der Waals surface area contributed by atoms with Crippen molar-refractivity contribution in [1.29, 1.82) is 0 Å². The number of rotatable bonds is 7. The molecular formula is C47H65Cl3N6O12. The third kappa shape index (κ3) is 13.4. The fourth-order valence-corrected chi connectivity index (χ4v) is 8.72. The van der Waals surface area contributed by atoms with E-state index >= 15 is 0 Å². The van der Waals surface area contributed by atoms with Crippen LogP contribution in [0.3, 0.4) is 0 Å². The molecule has 0 spiro atoms. The number of carbonyl (C=O) groups excluding carboxylic acids is 7. The fraction of sp³-hybridized carbons (Fsp3) is 0.596. The molecule has 21 heteroatoms. The van der Waals surface area contributed by atoms with Crippen LogP contribution < -0.4 is 11.1 Å². The standard InChI is InChI=1S/C26H36ClN3O7.C21H28ClN3O5.ClH/c1-25(2,3)20(28-23(33)37-26(4,5)6)21(31)30-13-16(11-19(30)22(32)35-7)36-24(34)29-12-15-9-8-10-18(27)17(15)14-29;1-21(2,3)17(23)18(26)25-10-13(8-16(25)19(27)29-4)30-20(28)24-9-12-6-5-7-15(22)14(12)11-24;/h8-10,16,19-20H,11-14H2,1-7H3,(H,28,33);5-7,13,16-17H,8-11,23H2,1-4H3;1H/t16-,19+,20-;13-,16+,17-;/m11./s1. The van der Waals surface area contributed by atoms with Gasteiger partial charge in [-0.1, -0.05) is 89.0 Å². The van der Waals surface area contributed by atoms with E-state index in [0.29, 0.717) is 36.2 Å². The molecule has 0 aromatic heterocycles. The number of methoxy groups -OCH3 is 2. The lowest BCUT2D eigenvalue weighted by atomic mass is 9.85. The van der Waals surface area contributed by atoms with Crippen LogP contribution in [0.2, 0.25) is 10.0 Å². The Morgan fingerprint density at radius 2 is 1.06 bits per heavy atom. The van der Waals surface area contributed by atoms with Crippen molar-refractivity contribution in [2.24, 2.45) is 16.6 Å². The number of ether oxygens (including phenoxy) is 5. The summed E-state index contributed by atoms with van der Waals surface area (Å²) >= 11 is 12.5. The van der Waals surface area contributed by atoms with Crippen molar-refractivity contribution in [3.63, 3.8) is 0 Å². The first-order chi connectivity index (χ1) is 31.1. The summed E-state index contributed by atoms with van der Waals surface area (Å²) in [6, 6.07) is 7.46. The van der Waals surface area contributed by atoms with Crippen LogP contribution in [0.15, 0.2) is 36.4 Å². The van der Waals surface area contributed by atoms with Gasteiger partial charge in [0.25, 0.3) is 0 Å². The molecule has 6 rings (SSSR count). The Morgan fingerprint density at radius 1 is 0.647 bits per heavy atom. The average Bonchev–Trinajstić information content (AvgIpc) is 4.06. The van der Waals surface area contributed by atoms with Gasteiger partial charge in [0.15, 0.2) is 0 Å². The minimum Gasteiger partial charge on any atom is -0.467 e. The molecule has 5 amide bonds. The summed E-state index contributed by atoms with van der Waals surface area (Å²) < 4.78 is 26.5. The molecule has 4 heterocycles. The Bertz CT molecular complexity index is 2230. The Morgan fingerprint density at radius 3 is 1.41 bits per heavy atom. The number of amides is 5. The molecule has 2 saturated heterocycles. The molecule has 4 aliphatic heterocycles. The number of nitrogens with zero attached hydrogens (tertiary/aromatic N) is 4. The van der Waals surface area contributed by atoms with Gasteiger partial charge in [-0.05, 0) is 66.0 Å². The number of carbonyl (C=O) groups is 7. The molecule has 0 unspecified atom stereocenters. The van der Waals surface area contributed by atoms with Crippen LogP contribution in [0, 0.1) is 10.8 Å². The van der Waals surface area contributed by atoms with E-state index < -0.39 is 88.9 Å². The zero-order chi connectivity index (χ0) is 49.9. The lowest BCUT2D eigenvalue weighted by Gasteiger charge is -2.35. The zero-order valence-electron chi connectivity index (χ0n) is 40.5. The maximum absolute atomic E-state index is 13.7. The molecular weight excluding hydrogens is 947 g/mol. The van der Waals surface area contributed by atoms with Crippen molar-refractivity contribution in [3.05, 3.63) is 68.7 Å². The van der Waals surface area contributed by atoms with Gasteiger partial charge in [-0.2, -0.15) is 0 Å². The topological polar surface area (TPSA) is 217 Å². The highest BCUT2D eigenvalue weighted by Crippen LogP contribution is 2.34. The zero-order valence-corrected chi connectivity index (χ0v) is 42.8. The SMILES string of the molecule is COC(=O)[C@@H]1C[C@@H](OC(=O)N2Cc3cccc(Cl)c3C2)CN1C(=O)[C@@H](N)C(C)(C)C.COC(=O)[C@@H]1C[C@@H](OC(=O)N2Cc3cccc(Cl)c3C2)CN1C(=O)[C@@H](NC(=O)OC(C)(C)C)C(C)(C)C.Cl. The number of benzene rings is 2. The van der Waals surface area contributed by atoms with Gasteiger partial charge in [-0.15, -0.1) is 12.4 Å². The largest absolute Gasteiger partial charge is 0.467 e. The van der Waals surface area contributed by atoms with Crippen LogP contribution in [0.4, 0.5) is 14.4 Å². The minimum absolute atomic E-state index is 0. The van der Waals surface area contributed by atoms with Gasteiger partial charge in [0.2, 0.25) is 11.8 Å². The van der Waals surface area contributed by atoms with E-state index in [9.17, 15) is 33.6 Å². The molecule has 4 aliphatic rings. The van der Waals surface area contributed by atoms with Crippen LogP contribution in [-0.4, -0.2) is 131 Å². The summed E-state index contributed by atoms with van der Waals surface area (Å²) in [5.74, 6) is -2.04. The molecule has 3 N–H and O–H groups in total. The van der Waals surface area contributed by atoms with Crippen molar-refractivity contribution in [2.45, 2.75) is 143 Å². The van der Waals surface area contributed by atoms with Gasteiger partial charge in [0.1, 0.15) is 35.9 Å². The van der Waals surface area contributed by atoms with Gasteiger partial charge in [0.05, 0.1) is 46.4 Å². The molecule has 2 aromatic rings. The first-order valence-electron chi connectivity index (χ1n) is 22.1. The first kappa shape index (κ1) is 55.6. The van der Waals surface area contributed by atoms with Crippen molar-refractivity contribution in [1.82, 2.24) is 24.9 Å². The van der Waals surface area contributed by atoms with Crippen LogP contribution in [0.5, 0.6) is 0 Å². The van der Waals surface area contributed by atoms with Gasteiger partial charge in [0, 0.05) is 36.0 Å². The summed E-state index contributed by atoms with van der Waals surface area (Å²) in [5, 5.41) is 3.85. The first-order valence-corrected chi connectivity index (χ1v) is 22.8. The number of nitrogens with two attached hydrogens (primary N) is 1. The second-order valence-electron chi connectivity index (χ2n) is 20.3. The molecule has 0 aliphatic carbocycles. The minimum atomic E-state index is -1.00. The highest BCUT2D eigenvalue weighted by Gasteiger charge is 2.48. The molecule has 2 fully saturated rings. The summed E-state index contributed by atoms with van der Waals surface area (Å²) in [6.45, 7) is 17.6. The third-order valence-corrected chi connectivity index (χ3v) is 12.6. The van der Waals surface area contributed by atoms with Crippen LogP contribution in [-0.2, 0) is 69.0 Å². The quantitative estimate of drug-likeness (QED) is 0.221. The fourth-order valence-electron chi connectivity index (χ4n) is 8.21. The van der Waals surface area contributed by atoms with Crippen LogP contribution >= 0.6 is 35.6 Å². The summed E-state index contributed by atoms with van der Waals surface area (Å²) in [4.78, 5) is 95.4. The highest BCUT2D eigenvalue weighted by atomic mass is 35.5. The Balaban J connectivity index is 0.000000298. The molecule has 2 aromatic carbocycles. The molecule has 68 heavy (non-hydrogen) atoms. The number of hydrogen-bond acceptors (Lipinski definition) is 13. The molecule has 0 radical (unpaired) electrons. The molecule has 6 atom stereocenters. The molecule has 376 valence electrons. The van der Waals surface area contributed by atoms with Gasteiger partial charge in [-0.3, -0.25) is 19.4 Å². The maximum Gasteiger partial charge on any atom is 0.410 e. The normalized spacial score (nSPS) is 20.7. The predicted molar refractivity (Wildman–Crippen MR) is 253 cm³/mol. The van der Waals surface area contributed by atoms with E-state index in [2.05, 4.69) is 5.32 Å². The number of hydrogen-bond donors (Lipinski definition) is 2. The lowest BCUT2D eigenvalue weighted by molar-refractivity contribution is -0.152. The van der Waals surface area contributed by atoms with E-state index in [1.54, 1.807) is 58.6 Å². The van der Waals surface area contributed by atoms with E-state index in [1.807, 2.05) is 45.0 Å². The monoisotopic (exact) mass is 1010 g/mol. The summed E-state index contributed by atoms with van der Waals surface area (Å²) in [6.07, 6.45) is -2.93. The molecule has 0 saturated carbocycles. The Hall–Kier alpha value is -5.04. The highest BCUT2D eigenvalue weighted by molar-refractivity contribution is 6.31. The van der Waals surface area contributed by atoms with Crippen molar-refractivity contribution < 1.29 is 57.2 Å². The third-order valence-electron chi connectivity index (χ3n) is 11.9. The van der Waals surface area contributed by atoms with E-state index in [1.165, 1.54) is 28.9 Å². The average molecular weight is 1010 g/mol. The Labute approximate surface area is 414 Å². The van der Waals surface area contributed by atoms with Gasteiger partial charge in [-0.25, -0.2) is 24.0 Å². The number of alkyl carbamates (subject to hydrolysis) is 1.